The van der Waals surface area contributed by atoms with Gasteiger partial charge in [-0.25, -0.2) is 4.98 Å². The first-order valence-corrected chi connectivity index (χ1v) is 12.4. The molecule has 0 unspecified atom stereocenters. The van der Waals surface area contributed by atoms with Gasteiger partial charge in [-0.2, -0.15) is 11.8 Å². The van der Waals surface area contributed by atoms with Gasteiger partial charge in [0.15, 0.2) is 0 Å². The molecule has 0 aliphatic carbocycles. The van der Waals surface area contributed by atoms with Crippen LogP contribution in [0.5, 0.6) is 0 Å². The summed E-state index contributed by atoms with van der Waals surface area (Å²) >= 11 is 14.0. The molecule has 0 spiro atoms. The average molecular weight is 489 g/mol. The van der Waals surface area contributed by atoms with E-state index in [0.717, 1.165) is 47.9 Å². The molecule has 0 fully saturated rings. The zero-order valence-corrected chi connectivity index (χ0v) is 20.0. The first-order chi connectivity index (χ1) is 15.3. The molecule has 9 heteroatoms. The molecular formula is C22H30Cl2N2O4S. The van der Waals surface area contributed by atoms with Gasteiger partial charge in [0.25, 0.3) is 0 Å². The number of halogens is 2. The first kappa shape index (κ1) is 26.3. The highest BCUT2D eigenvalue weighted by Crippen LogP contribution is 2.22. The van der Waals surface area contributed by atoms with Crippen molar-refractivity contribution in [3.05, 3.63) is 29.0 Å². The lowest BCUT2D eigenvalue weighted by molar-refractivity contribution is 0.00311. The van der Waals surface area contributed by atoms with Crippen molar-refractivity contribution >= 4 is 46.0 Å². The van der Waals surface area contributed by atoms with Crippen LogP contribution in [0.25, 0.3) is 11.0 Å². The number of aryl methyl sites for hydroxylation is 1. The Hall–Kier alpha value is -0.980. The Morgan fingerprint density at radius 2 is 1.65 bits per heavy atom. The van der Waals surface area contributed by atoms with Crippen molar-refractivity contribution in [3.8, 4) is 12.3 Å². The normalized spacial score (nSPS) is 11.3. The van der Waals surface area contributed by atoms with E-state index in [1.165, 1.54) is 0 Å². The molecule has 2 rings (SSSR count). The summed E-state index contributed by atoms with van der Waals surface area (Å²) in [4.78, 5) is 4.58. The van der Waals surface area contributed by atoms with E-state index in [-0.39, 0.29) is 0 Å². The molecule has 2 aromatic rings. The highest BCUT2D eigenvalue weighted by Gasteiger charge is 2.10. The van der Waals surface area contributed by atoms with Gasteiger partial charge in [0.2, 0.25) is 0 Å². The fraction of sp³-hybridized carbons (Fsp3) is 0.591. The van der Waals surface area contributed by atoms with Crippen LogP contribution < -0.4 is 0 Å². The number of thioether (sulfide) groups is 1. The fourth-order valence-electron chi connectivity index (χ4n) is 2.84. The number of aromatic nitrogens is 2. The molecule has 1 heterocycles. The monoisotopic (exact) mass is 488 g/mol. The van der Waals surface area contributed by atoms with Crippen molar-refractivity contribution in [1.29, 1.82) is 0 Å². The Labute approximate surface area is 198 Å². The minimum atomic E-state index is 0.321. The molecule has 0 saturated carbocycles. The molecule has 0 atom stereocenters. The molecule has 31 heavy (non-hydrogen) atoms. The van der Waals surface area contributed by atoms with Crippen LogP contribution >= 0.6 is 35.0 Å². The van der Waals surface area contributed by atoms with Crippen molar-refractivity contribution < 1.29 is 18.9 Å². The van der Waals surface area contributed by atoms with E-state index in [9.17, 15) is 0 Å². The Kier molecular flexibility index (Phi) is 14.1. The Balaban J connectivity index is 1.43. The standard InChI is InChI=1S/C22H30Cl2N2O4S/c1-2-7-27-8-9-28-10-11-29-12-13-30-14-16-31-15-3-6-26-21-5-4-19(24)17-20(21)25-22(26)18-23/h1,4-5,17H,3,6-16,18H2. The fourth-order valence-corrected chi connectivity index (χ4v) is 3.98. The van der Waals surface area contributed by atoms with Crippen molar-refractivity contribution in [2.75, 3.05) is 64.4 Å². The molecule has 0 radical (unpaired) electrons. The van der Waals surface area contributed by atoms with Gasteiger partial charge in [-0.05, 0) is 30.4 Å². The number of nitrogens with zero attached hydrogens (tertiary/aromatic N) is 2. The maximum absolute atomic E-state index is 6.06. The highest BCUT2D eigenvalue weighted by molar-refractivity contribution is 7.99. The maximum Gasteiger partial charge on any atom is 0.124 e. The second kappa shape index (κ2) is 16.6. The zero-order chi connectivity index (χ0) is 22.2. The molecule has 1 aromatic heterocycles. The summed E-state index contributed by atoms with van der Waals surface area (Å²) in [6.45, 7) is 5.21. The summed E-state index contributed by atoms with van der Waals surface area (Å²) in [5, 5.41) is 0.690. The first-order valence-electron chi connectivity index (χ1n) is 10.3. The van der Waals surface area contributed by atoms with E-state index in [4.69, 9.17) is 48.6 Å². The molecule has 0 saturated heterocycles. The number of alkyl halides is 1. The molecule has 0 N–H and O–H groups in total. The molecule has 172 valence electrons. The number of hydrogen-bond acceptors (Lipinski definition) is 6. The molecule has 0 amide bonds. The number of fused-ring (bicyclic) bond motifs is 1. The van der Waals surface area contributed by atoms with Gasteiger partial charge in [0.1, 0.15) is 12.4 Å². The number of rotatable bonds is 18. The Morgan fingerprint density at radius 3 is 2.32 bits per heavy atom. The van der Waals surface area contributed by atoms with Gasteiger partial charge in [0.05, 0.1) is 63.2 Å². The Bertz CT molecular complexity index is 798. The molecule has 0 aliphatic heterocycles. The highest BCUT2D eigenvalue weighted by atomic mass is 35.5. The smallest absolute Gasteiger partial charge is 0.124 e. The second-order valence-corrected chi connectivity index (χ2v) is 8.43. The zero-order valence-electron chi connectivity index (χ0n) is 17.7. The van der Waals surface area contributed by atoms with Gasteiger partial charge < -0.3 is 23.5 Å². The number of benzene rings is 1. The summed E-state index contributed by atoms with van der Waals surface area (Å²) < 4.78 is 23.7. The topological polar surface area (TPSA) is 54.7 Å². The summed E-state index contributed by atoms with van der Waals surface area (Å²) in [6.07, 6.45) is 6.12. The van der Waals surface area contributed by atoms with Crippen LogP contribution in [0.3, 0.4) is 0 Å². The van der Waals surface area contributed by atoms with Crippen LogP contribution in [0.15, 0.2) is 18.2 Å². The third-order valence-electron chi connectivity index (χ3n) is 4.25. The van der Waals surface area contributed by atoms with Crippen molar-refractivity contribution in [2.45, 2.75) is 18.8 Å². The van der Waals surface area contributed by atoms with Gasteiger partial charge in [0, 0.05) is 17.3 Å². The van der Waals surface area contributed by atoms with Crippen LogP contribution in [0, 0.1) is 12.3 Å². The predicted molar refractivity (Wildman–Crippen MR) is 128 cm³/mol. The van der Waals surface area contributed by atoms with Crippen LogP contribution in [0.1, 0.15) is 12.2 Å². The lowest BCUT2D eigenvalue weighted by Gasteiger charge is -2.08. The summed E-state index contributed by atoms with van der Waals surface area (Å²) in [7, 11) is 0. The largest absolute Gasteiger partial charge is 0.378 e. The van der Waals surface area contributed by atoms with Crippen LogP contribution in [0.2, 0.25) is 5.02 Å². The van der Waals surface area contributed by atoms with Crippen LogP contribution in [0.4, 0.5) is 0 Å². The van der Waals surface area contributed by atoms with E-state index in [0.29, 0.717) is 57.2 Å². The average Bonchev–Trinajstić information content (AvgIpc) is 3.12. The number of terminal acetylenes is 1. The van der Waals surface area contributed by atoms with E-state index in [2.05, 4.69) is 15.5 Å². The minimum Gasteiger partial charge on any atom is -0.378 e. The molecule has 1 aromatic carbocycles. The second-order valence-electron chi connectivity index (χ2n) is 6.51. The van der Waals surface area contributed by atoms with Crippen LogP contribution in [-0.4, -0.2) is 73.9 Å². The SMILES string of the molecule is C#CCOCCOCCOCCOCCSCCCn1c(CCl)nc2cc(Cl)ccc21. The summed E-state index contributed by atoms with van der Waals surface area (Å²) in [6, 6.07) is 5.77. The lowest BCUT2D eigenvalue weighted by Crippen LogP contribution is -2.12. The summed E-state index contributed by atoms with van der Waals surface area (Å²) in [5.41, 5.74) is 1.98. The predicted octanol–water partition coefficient (Wildman–Crippen LogP) is 4.25. The van der Waals surface area contributed by atoms with Gasteiger partial charge >= 0.3 is 0 Å². The van der Waals surface area contributed by atoms with Gasteiger partial charge in [-0.15, -0.1) is 18.0 Å². The van der Waals surface area contributed by atoms with Gasteiger partial charge in [-0.1, -0.05) is 17.5 Å². The Morgan fingerprint density at radius 1 is 0.968 bits per heavy atom. The minimum absolute atomic E-state index is 0.321. The van der Waals surface area contributed by atoms with E-state index >= 15 is 0 Å². The molecule has 0 aliphatic rings. The third-order valence-corrected chi connectivity index (χ3v) is 5.76. The number of hydrogen-bond donors (Lipinski definition) is 0. The summed E-state index contributed by atoms with van der Waals surface area (Å²) in [5.74, 6) is 5.70. The number of ether oxygens (including phenoxy) is 4. The third kappa shape index (κ3) is 10.5. The van der Waals surface area contributed by atoms with Crippen molar-refractivity contribution in [3.63, 3.8) is 0 Å². The lowest BCUT2D eigenvalue weighted by atomic mass is 10.3. The molecular weight excluding hydrogens is 459 g/mol. The van der Waals surface area contributed by atoms with E-state index in [1.54, 1.807) is 0 Å². The van der Waals surface area contributed by atoms with Crippen LogP contribution in [-0.2, 0) is 31.4 Å². The maximum atomic E-state index is 6.06. The van der Waals surface area contributed by atoms with E-state index in [1.807, 2.05) is 30.0 Å². The van der Waals surface area contributed by atoms with E-state index < -0.39 is 0 Å². The van der Waals surface area contributed by atoms with Gasteiger partial charge in [-0.3, -0.25) is 0 Å². The quantitative estimate of drug-likeness (QED) is 0.177. The molecule has 6 nitrogen and oxygen atoms in total. The van der Waals surface area contributed by atoms with Crippen molar-refractivity contribution in [1.82, 2.24) is 9.55 Å². The number of imidazole rings is 1. The molecule has 0 bridgehead atoms. The van der Waals surface area contributed by atoms with Crippen molar-refractivity contribution in [2.24, 2.45) is 0 Å².